The van der Waals surface area contributed by atoms with Crippen LogP contribution in [0.25, 0.3) is 11.0 Å². The Morgan fingerprint density at radius 1 is 1.28 bits per heavy atom. The third-order valence-corrected chi connectivity index (χ3v) is 5.68. The van der Waals surface area contributed by atoms with Crippen molar-refractivity contribution in [3.8, 4) is 0 Å². The van der Waals surface area contributed by atoms with Gasteiger partial charge in [-0.25, -0.2) is 4.98 Å². The third-order valence-electron chi connectivity index (χ3n) is 5.68. The van der Waals surface area contributed by atoms with Crippen molar-refractivity contribution in [1.29, 1.82) is 0 Å². The molecular formula is C21H26N6O2. The van der Waals surface area contributed by atoms with Crippen LogP contribution in [0.1, 0.15) is 42.2 Å². The monoisotopic (exact) mass is 394 g/mol. The van der Waals surface area contributed by atoms with Crippen LogP contribution in [0.3, 0.4) is 0 Å². The molecular weight excluding hydrogens is 368 g/mol. The molecule has 152 valence electrons. The van der Waals surface area contributed by atoms with E-state index < -0.39 is 0 Å². The van der Waals surface area contributed by atoms with Crippen LogP contribution in [0.5, 0.6) is 0 Å². The predicted octanol–water partition coefficient (Wildman–Crippen LogP) is 2.97. The van der Waals surface area contributed by atoms with Crippen LogP contribution in [0, 0.1) is 12.8 Å². The lowest BCUT2D eigenvalue weighted by molar-refractivity contribution is -0.117. The smallest absolute Gasteiger partial charge is 0.257 e. The molecule has 1 fully saturated rings. The van der Waals surface area contributed by atoms with Crippen LogP contribution in [-0.4, -0.2) is 49.6 Å². The molecule has 4 rings (SSSR count). The molecule has 8 nitrogen and oxygen atoms in total. The average Bonchev–Trinajstić information content (AvgIpc) is 3.33. The van der Waals surface area contributed by atoms with Crippen LogP contribution in [0.4, 0.5) is 5.69 Å². The van der Waals surface area contributed by atoms with Crippen LogP contribution in [0.15, 0.2) is 30.7 Å². The maximum absolute atomic E-state index is 12.6. The number of carbonyl (C=O) groups is 2. The van der Waals surface area contributed by atoms with E-state index in [1.807, 2.05) is 36.4 Å². The minimum atomic E-state index is 0.00901. The van der Waals surface area contributed by atoms with Crippen molar-refractivity contribution >= 4 is 28.5 Å². The first kappa shape index (κ1) is 19.2. The maximum Gasteiger partial charge on any atom is 0.257 e. The summed E-state index contributed by atoms with van der Waals surface area (Å²) in [6.45, 7) is 6.13. The number of aromatic amines is 1. The highest BCUT2D eigenvalue weighted by Gasteiger charge is 2.26. The Balaban J connectivity index is 1.30. The quantitative estimate of drug-likeness (QED) is 0.695. The van der Waals surface area contributed by atoms with Gasteiger partial charge >= 0.3 is 0 Å². The van der Waals surface area contributed by atoms with Gasteiger partial charge in [0.25, 0.3) is 5.91 Å². The zero-order chi connectivity index (χ0) is 20.4. The average molecular weight is 394 g/mol. The summed E-state index contributed by atoms with van der Waals surface area (Å²) >= 11 is 0. The van der Waals surface area contributed by atoms with E-state index in [0.29, 0.717) is 25.1 Å². The SMILES string of the molecule is CCn1cnc2cc(NC(=O)CC3CCN(C(=O)c4cn[nH]c4C)CC3)ccc21. The van der Waals surface area contributed by atoms with Gasteiger partial charge in [-0.15, -0.1) is 0 Å². The minimum absolute atomic E-state index is 0.00901. The highest BCUT2D eigenvalue weighted by Crippen LogP contribution is 2.24. The van der Waals surface area contributed by atoms with E-state index in [-0.39, 0.29) is 17.7 Å². The molecule has 1 saturated heterocycles. The van der Waals surface area contributed by atoms with Gasteiger partial charge in [-0.3, -0.25) is 14.7 Å². The molecule has 0 aliphatic carbocycles. The number of rotatable bonds is 5. The second-order valence-corrected chi connectivity index (χ2v) is 7.63. The number of hydrogen-bond donors (Lipinski definition) is 2. The van der Waals surface area contributed by atoms with Gasteiger partial charge in [0, 0.05) is 37.4 Å². The molecule has 1 aliphatic heterocycles. The molecule has 3 heterocycles. The van der Waals surface area contributed by atoms with Gasteiger partial charge in [0.1, 0.15) is 0 Å². The first-order valence-electron chi connectivity index (χ1n) is 10.1. The number of piperidine rings is 1. The number of fused-ring (bicyclic) bond motifs is 1. The van der Waals surface area contributed by atoms with Crippen molar-refractivity contribution in [2.45, 2.75) is 39.7 Å². The third kappa shape index (κ3) is 4.01. The van der Waals surface area contributed by atoms with Gasteiger partial charge in [0.05, 0.1) is 29.1 Å². The van der Waals surface area contributed by atoms with Crippen LogP contribution < -0.4 is 5.32 Å². The number of aromatic nitrogens is 4. The van der Waals surface area contributed by atoms with Gasteiger partial charge in [0.2, 0.25) is 5.91 Å². The first-order chi connectivity index (χ1) is 14.0. The Morgan fingerprint density at radius 2 is 2.07 bits per heavy atom. The fraction of sp³-hybridized carbons (Fsp3) is 0.429. The summed E-state index contributed by atoms with van der Waals surface area (Å²) in [5.74, 6) is 0.307. The Bertz CT molecular complexity index is 1030. The van der Waals surface area contributed by atoms with Crippen molar-refractivity contribution in [2.24, 2.45) is 5.92 Å². The summed E-state index contributed by atoms with van der Waals surface area (Å²) in [7, 11) is 0. The lowest BCUT2D eigenvalue weighted by atomic mass is 9.93. The summed E-state index contributed by atoms with van der Waals surface area (Å²) < 4.78 is 2.07. The summed E-state index contributed by atoms with van der Waals surface area (Å²) in [4.78, 5) is 31.3. The molecule has 0 unspecified atom stereocenters. The number of amides is 2. The van der Waals surface area contributed by atoms with Gasteiger partial charge in [-0.05, 0) is 50.8 Å². The summed E-state index contributed by atoms with van der Waals surface area (Å²) in [6, 6.07) is 5.82. The molecule has 1 aliphatic rings. The molecule has 0 bridgehead atoms. The number of benzene rings is 1. The predicted molar refractivity (Wildman–Crippen MR) is 111 cm³/mol. The molecule has 2 aromatic heterocycles. The number of likely N-dealkylation sites (tertiary alicyclic amines) is 1. The number of carbonyl (C=O) groups excluding carboxylic acids is 2. The van der Waals surface area contributed by atoms with Crippen molar-refractivity contribution < 1.29 is 9.59 Å². The van der Waals surface area contributed by atoms with Crippen molar-refractivity contribution in [3.05, 3.63) is 42.0 Å². The number of H-pyrrole nitrogens is 1. The summed E-state index contributed by atoms with van der Waals surface area (Å²) in [5, 5.41) is 9.72. The summed E-state index contributed by atoms with van der Waals surface area (Å²) in [5.41, 5.74) is 4.13. The number of nitrogens with zero attached hydrogens (tertiary/aromatic N) is 4. The Kier molecular flexibility index (Phi) is 5.33. The Hall–Kier alpha value is -3.16. The number of imidazole rings is 1. The zero-order valence-corrected chi connectivity index (χ0v) is 16.8. The normalized spacial score (nSPS) is 15.0. The second-order valence-electron chi connectivity index (χ2n) is 7.63. The standard InChI is InChI=1S/C21H26N6O2/c1-3-26-13-22-18-11-16(4-5-19(18)26)24-20(28)10-15-6-8-27(9-7-15)21(29)17-12-23-25-14(17)2/h4-5,11-13,15H,3,6-10H2,1-2H3,(H,23,25)(H,24,28). The molecule has 1 aromatic carbocycles. The minimum Gasteiger partial charge on any atom is -0.339 e. The van der Waals surface area contributed by atoms with E-state index in [1.165, 1.54) is 0 Å². The largest absolute Gasteiger partial charge is 0.339 e. The van der Waals surface area contributed by atoms with E-state index >= 15 is 0 Å². The topological polar surface area (TPSA) is 95.9 Å². The number of anilines is 1. The molecule has 29 heavy (non-hydrogen) atoms. The van der Waals surface area contributed by atoms with Crippen LogP contribution in [0.2, 0.25) is 0 Å². The van der Waals surface area contributed by atoms with E-state index in [4.69, 9.17) is 0 Å². The van der Waals surface area contributed by atoms with E-state index in [2.05, 4.69) is 32.0 Å². The molecule has 0 radical (unpaired) electrons. The molecule has 0 spiro atoms. The first-order valence-corrected chi connectivity index (χ1v) is 10.1. The van der Waals surface area contributed by atoms with Crippen LogP contribution in [-0.2, 0) is 11.3 Å². The molecule has 2 N–H and O–H groups in total. The van der Waals surface area contributed by atoms with Gasteiger partial charge < -0.3 is 14.8 Å². The maximum atomic E-state index is 12.6. The van der Waals surface area contributed by atoms with E-state index in [1.54, 1.807) is 6.20 Å². The Morgan fingerprint density at radius 3 is 2.76 bits per heavy atom. The highest BCUT2D eigenvalue weighted by atomic mass is 16.2. The number of nitrogens with one attached hydrogen (secondary N) is 2. The zero-order valence-electron chi connectivity index (χ0n) is 16.8. The van der Waals surface area contributed by atoms with Crippen molar-refractivity contribution in [3.63, 3.8) is 0 Å². The molecule has 2 amide bonds. The molecule has 8 heteroatoms. The van der Waals surface area contributed by atoms with Crippen molar-refractivity contribution in [1.82, 2.24) is 24.6 Å². The highest BCUT2D eigenvalue weighted by molar-refractivity contribution is 5.95. The lowest BCUT2D eigenvalue weighted by Crippen LogP contribution is -2.39. The Labute approximate surface area is 169 Å². The van der Waals surface area contributed by atoms with Crippen molar-refractivity contribution in [2.75, 3.05) is 18.4 Å². The summed E-state index contributed by atoms with van der Waals surface area (Å²) in [6.07, 6.45) is 5.52. The fourth-order valence-electron chi connectivity index (χ4n) is 3.94. The van der Waals surface area contributed by atoms with Gasteiger partial charge in [-0.2, -0.15) is 5.10 Å². The molecule has 0 saturated carbocycles. The fourth-order valence-corrected chi connectivity index (χ4v) is 3.94. The second kappa shape index (κ2) is 8.06. The molecule has 0 atom stereocenters. The van der Waals surface area contributed by atoms with E-state index in [9.17, 15) is 9.59 Å². The van der Waals surface area contributed by atoms with Gasteiger partial charge in [0.15, 0.2) is 0 Å². The van der Waals surface area contributed by atoms with Gasteiger partial charge in [-0.1, -0.05) is 0 Å². The number of aryl methyl sites for hydroxylation is 2. The molecule has 3 aromatic rings. The van der Waals surface area contributed by atoms with Crippen LogP contribution >= 0.6 is 0 Å². The lowest BCUT2D eigenvalue weighted by Gasteiger charge is -2.31. The number of hydrogen-bond acceptors (Lipinski definition) is 4. The van der Waals surface area contributed by atoms with E-state index in [0.717, 1.165) is 41.8 Å².